The summed E-state index contributed by atoms with van der Waals surface area (Å²) in [6.45, 7) is 13.7. The molecular weight excluding hydrogens is 244 g/mol. The largest absolute Gasteiger partial charge is 0.371 e. The first-order chi connectivity index (χ1) is 9.36. The molecule has 2 unspecified atom stereocenters. The van der Waals surface area contributed by atoms with Crippen LogP contribution in [0.15, 0.2) is 24.3 Å². The van der Waals surface area contributed by atoms with Gasteiger partial charge in [-0.05, 0) is 49.8 Å². The Bertz CT molecular complexity index is 404. The van der Waals surface area contributed by atoms with Gasteiger partial charge in [0, 0.05) is 30.9 Å². The van der Waals surface area contributed by atoms with E-state index in [-0.39, 0.29) is 5.41 Å². The smallest absolute Gasteiger partial charge is 0.0366 e. The Morgan fingerprint density at radius 1 is 0.950 bits per heavy atom. The molecule has 2 atom stereocenters. The van der Waals surface area contributed by atoms with Gasteiger partial charge in [0.05, 0.1) is 0 Å². The van der Waals surface area contributed by atoms with E-state index in [9.17, 15) is 0 Å². The van der Waals surface area contributed by atoms with Gasteiger partial charge < -0.3 is 10.2 Å². The van der Waals surface area contributed by atoms with Gasteiger partial charge in [-0.1, -0.05) is 32.9 Å². The van der Waals surface area contributed by atoms with Crippen molar-refractivity contribution >= 4 is 5.69 Å². The monoisotopic (exact) mass is 274 g/mol. The van der Waals surface area contributed by atoms with Gasteiger partial charge in [-0.25, -0.2) is 0 Å². The Hall–Kier alpha value is -1.02. The van der Waals surface area contributed by atoms with Crippen LogP contribution in [0.5, 0.6) is 0 Å². The lowest BCUT2D eigenvalue weighted by molar-refractivity contribution is 0.404. The zero-order valence-corrected chi connectivity index (χ0v) is 13.7. The molecule has 0 amide bonds. The van der Waals surface area contributed by atoms with Gasteiger partial charge in [-0.15, -0.1) is 0 Å². The molecule has 1 aromatic carbocycles. The van der Waals surface area contributed by atoms with Crippen molar-refractivity contribution in [1.29, 1.82) is 0 Å². The van der Waals surface area contributed by atoms with Crippen molar-refractivity contribution in [3.8, 4) is 0 Å². The third kappa shape index (κ3) is 3.99. The predicted octanol–water partition coefficient (Wildman–Crippen LogP) is 3.95. The van der Waals surface area contributed by atoms with Crippen LogP contribution in [0.3, 0.4) is 0 Å². The third-order valence-corrected chi connectivity index (χ3v) is 4.33. The molecule has 1 heterocycles. The lowest BCUT2D eigenvalue weighted by atomic mass is 9.87. The summed E-state index contributed by atoms with van der Waals surface area (Å²) in [5.74, 6) is 0. The van der Waals surface area contributed by atoms with E-state index in [0.29, 0.717) is 12.1 Å². The standard InChI is InChI=1S/C18H30N2/c1-14-10-12-20(13-11-15(2)19-14)17-8-6-16(7-9-17)18(3,4)5/h6-9,14-15,19H,10-13H2,1-5H3. The highest BCUT2D eigenvalue weighted by Gasteiger charge is 2.17. The van der Waals surface area contributed by atoms with Crippen molar-refractivity contribution in [1.82, 2.24) is 5.32 Å². The lowest BCUT2D eigenvalue weighted by Crippen LogP contribution is -2.43. The Kier molecular flexibility index (Phi) is 4.74. The molecule has 0 aliphatic carbocycles. The maximum Gasteiger partial charge on any atom is 0.0366 e. The van der Waals surface area contributed by atoms with E-state index in [0.717, 1.165) is 13.1 Å². The van der Waals surface area contributed by atoms with E-state index in [1.165, 1.54) is 24.1 Å². The number of benzene rings is 1. The van der Waals surface area contributed by atoms with Crippen LogP contribution in [-0.4, -0.2) is 25.2 Å². The van der Waals surface area contributed by atoms with Gasteiger partial charge in [-0.3, -0.25) is 0 Å². The van der Waals surface area contributed by atoms with E-state index in [1.807, 2.05) is 0 Å². The zero-order valence-electron chi connectivity index (χ0n) is 13.7. The predicted molar refractivity (Wildman–Crippen MR) is 88.6 cm³/mol. The molecule has 1 N–H and O–H groups in total. The van der Waals surface area contributed by atoms with Crippen molar-refractivity contribution < 1.29 is 0 Å². The van der Waals surface area contributed by atoms with Gasteiger partial charge in [0.2, 0.25) is 0 Å². The fourth-order valence-electron chi connectivity index (χ4n) is 2.89. The topological polar surface area (TPSA) is 15.3 Å². The number of nitrogens with zero attached hydrogens (tertiary/aromatic N) is 1. The summed E-state index contributed by atoms with van der Waals surface area (Å²) in [4.78, 5) is 2.54. The number of hydrogen-bond acceptors (Lipinski definition) is 2. The Labute approximate surface area is 124 Å². The summed E-state index contributed by atoms with van der Waals surface area (Å²) >= 11 is 0. The second-order valence-electron chi connectivity index (χ2n) is 7.33. The van der Waals surface area contributed by atoms with Crippen LogP contribution in [-0.2, 0) is 5.41 Å². The maximum absolute atomic E-state index is 3.66. The van der Waals surface area contributed by atoms with Crippen LogP contribution in [0.1, 0.15) is 53.0 Å². The van der Waals surface area contributed by atoms with Gasteiger partial charge in [-0.2, -0.15) is 0 Å². The first-order valence-electron chi connectivity index (χ1n) is 7.98. The highest BCUT2D eigenvalue weighted by molar-refractivity contribution is 5.48. The average molecular weight is 274 g/mol. The van der Waals surface area contributed by atoms with Gasteiger partial charge in [0.25, 0.3) is 0 Å². The first-order valence-corrected chi connectivity index (χ1v) is 7.98. The van der Waals surface area contributed by atoms with Crippen LogP contribution in [0.25, 0.3) is 0 Å². The van der Waals surface area contributed by atoms with E-state index < -0.39 is 0 Å². The second kappa shape index (κ2) is 6.17. The molecule has 1 aliphatic heterocycles. The number of nitrogens with one attached hydrogen (secondary N) is 1. The van der Waals surface area contributed by atoms with E-state index in [2.05, 4.69) is 69.1 Å². The normalized spacial score (nSPS) is 25.1. The van der Waals surface area contributed by atoms with E-state index >= 15 is 0 Å². The molecular formula is C18H30N2. The number of anilines is 1. The second-order valence-corrected chi connectivity index (χ2v) is 7.33. The van der Waals surface area contributed by atoms with Gasteiger partial charge in [0.15, 0.2) is 0 Å². The van der Waals surface area contributed by atoms with Gasteiger partial charge in [0.1, 0.15) is 0 Å². The molecule has 1 aromatic rings. The van der Waals surface area contributed by atoms with Crippen LogP contribution >= 0.6 is 0 Å². The molecule has 20 heavy (non-hydrogen) atoms. The molecule has 0 bridgehead atoms. The van der Waals surface area contributed by atoms with Crippen LogP contribution in [0.4, 0.5) is 5.69 Å². The molecule has 0 aromatic heterocycles. The Morgan fingerprint density at radius 2 is 1.45 bits per heavy atom. The summed E-state index contributed by atoms with van der Waals surface area (Å²) in [5.41, 5.74) is 3.03. The van der Waals surface area contributed by atoms with Crippen molar-refractivity contribution in [3.63, 3.8) is 0 Å². The number of hydrogen-bond donors (Lipinski definition) is 1. The minimum absolute atomic E-state index is 0.238. The van der Waals surface area contributed by atoms with Crippen molar-refractivity contribution in [3.05, 3.63) is 29.8 Å². The van der Waals surface area contributed by atoms with Crippen LogP contribution in [0.2, 0.25) is 0 Å². The van der Waals surface area contributed by atoms with Crippen LogP contribution in [0, 0.1) is 0 Å². The summed E-state index contributed by atoms with van der Waals surface area (Å²) in [7, 11) is 0. The Balaban J connectivity index is 2.09. The molecule has 0 spiro atoms. The number of rotatable bonds is 1. The highest BCUT2D eigenvalue weighted by atomic mass is 15.1. The SMILES string of the molecule is CC1CCN(c2ccc(C(C)(C)C)cc2)CCC(C)N1. The molecule has 2 heteroatoms. The molecule has 0 radical (unpaired) electrons. The summed E-state index contributed by atoms with van der Waals surface area (Å²) in [6, 6.07) is 10.4. The fourth-order valence-corrected chi connectivity index (χ4v) is 2.89. The van der Waals surface area contributed by atoms with Gasteiger partial charge >= 0.3 is 0 Å². The average Bonchev–Trinajstić information content (AvgIpc) is 2.36. The maximum atomic E-state index is 3.66. The van der Waals surface area contributed by atoms with Crippen molar-refractivity contribution in [2.45, 2.75) is 65.0 Å². The van der Waals surface area contributed by atoms with Crippen LogP contribution < -0.4 is 10.2 Å². The molecule has 2 nitrogen and oxygen atoms in total. The highest BCUT2D eigenvalue weighted by Crippen LogP contribution is 2.25. The van der Waals surface area contributed by atoms with E-state index in [4.69, 9.17) is 0 Å². The Morgan fingerprint density at radius 3 is 1.90 bits per heavy atom. The third-order valence-electron chi connectivity index (χ3n) is 4.33. The zero-order chi connectivity index (χ0) is 14.8. The fraction of sp³-hybridized carbons (Fsp3) is 0.667. The minimum atomic E-state index is 0.238. The summed E-state index contributed by atoms with van der Waals surface area (Å²) in [5, 5.41) is 3.66. The quantitative estimate of drug-likeness (QED) is 0.834. The molecule has 112 valence electrons. The first kappa shape index (κ1) is 15.4. The van der Waals surface area contributed by atoms with Crippen molar-refractivity contribution in [2.24, 2.45) is 0 Å². The summed E-state index contributed by atoms with van der Waals surface area (Å²) in [6.07, 6.45) is 2.43. The minimum Gasteiger partial charge on any atom is -0.371 e. The molecule has 1 saturated heterocycles. The summed E-state index contributed by atoms with van der Waals surface area (Å²) < 4.78 is 0. The lowest BCUT2D eigenvalue weighted by Gasteiger charge is -2.32. The molecule has 0 saturated carbocycles. The molecule has 2 rings (SSSR count). The molecule has 1 fully saturated rings. The van der Waals surface area contributed by atoms with E-state index in [1.54, 1.807) is 0 Å². The van der Waals surface area contributed by atoms with Crippen molar-refractivity contribution in [2.75, 3.05) is 18.0 Å². The molecule has 1 aliphatic rings.